The molecule has 0 spiro atoms. The molecule has 3 aromatic rings. The van der Waals surface area contributed by atoms with Gasteiger partial charge < -0.3 is 9.72 Å². The standard InChI is InChI=1S/C16H11ClN2OS/c17-12-7-5-10(6-8-12)14-15-19(16(21)18-14)13-4-2-1-3-11(13)9-20-15/h1-8H,9H2,(H,18,21). The number of hydrogen-bond donors (Lipinski definition) is 1. The van der Waals surface area contributed by atoms with Gasteiger partial charge in [-0.05, 0) is 30.4 Å². The maximum atomic E-state index is 5.95. The molecule has 0 atom stereocenters. The van der Waals surface area contributed by atoms with Crippen LogP contribution in [0.2, 0.25) is 5.02 Å². The normalized spacial score (nSPS) is 12.4. The first-order valence-corrected chi connectivity index (χ1v) is 7.35. The molecule has 1 aromatic heterocycles. The molecule has 0 aliphatic carbocycles. The summed E-state index contributed by atoms with van der Waals surface area (Å²) in [7, 11) is 0. The Morgan fingerprint density at radius 2 is 1.86 bits per heavy atom. The number of nitrogens with zero attached hydrogens (tertiary/aromatic N) is 1. The Balaban J connectivity index is 1.95. The molecule has 21 heavy (non-hydrogen) atoms. The molecule has 1 aliphatic rings. The number of H-pyrrole nitrogens is 1. The van der Waals surface area contributed by atoms with E-state index in [4.69, 9.17) is 28.6 Å². The van der Waals surface area contributed by atoms with Crippen molar-refractivity contribution in [3.63, 3.8) is 0 Å². The number of halogens is 1. The number of fused-ring (bicyclic) bond motifs is 3. The van der Waals surface area contributed by atoms with E-state index in [1.165, 1.54) is 0 Å². The van der Waals surface area contributed by atoms with Crippen LogP contribution < -0.4 is 4.74 Å². The van der Waals surface area contributed by atoms with E-state index in [1.54, 1.807) is 0 Å². The molecule has 0 unspecified atom stereocenters. The van der Waals surface area contributed by atoms with E-state index < -0.39 is 0 Å². The molecule has 1 N–H and O–H groups in total. The summed E-state index contributed by atoms with van der Waals surface area (Å²) in [6.45, 7) is 0.545. The fraction of sp³-hybridized carbons (Fsp3) is 0.0625. The lowest BCUT2D eigenvalue weighted by atomic mass is 10.1. The Morgan fingerprint density at radius 1 is 1.10 bits per heavy atom. The molecule has 0 saturated heterocycles. The summed E-state index contributed by atoms with van der Waals surface area (Å²) in [5.41, 5.74) is 4.08. The van der Waals surface area contributed by atoms with Crippen molar-refractivity contribution in [1.82, 2.24) is 9.55 Å². The monoisotopic (exact) mass is 314 g/mol. The zero-order valence-electron chi connectivity index (χ0n) is 11.0. The summed E-state index contributed by atoms with van der Waals surface area (Å²) in [5.74, 6) is 0.751. The summed E-state index contributed by atoms with van der Waals surface area (Å²) in [6.07, 6.45) is 0. The zero-order valence-corrected chi connectivity index (χ0v) is 12.5. The van der Waals surface area contributed by atoms with Crippen LogP contribution in [0.4, 0.5) is 0 Å². The average Bonchev–Trinajstić information content (AvgIpc) is 2.86. The highest BCUT2D eigenvalue weighted by Crippen LogP contribution is 2.36. The van der Waals surface area contributed by atoms with Gasteiger partial charge in [0.1, 0.15) is 12.3 Å². The minimum atomic E-state index is 0.545. The summed E-state index contributed by atoms with van der Waals surface area (Å²) in [6, 6.07) is 15.7. The lowest BCUT2D eigenvalue weighted by Crippen LogP contribution is -2.12. The van der Waals surface area contributed by atoms with E-state index in [2.05, 4.69) is 17.1 Å². The number of benzene rings is 2. The van der Waals surface area contributed by atoms with Crippen molar-refractivity contribution in [2.24, 2.45) is 0 Å². The second kappa shape index (κ2) is 4.76. The fourth-order valence-corrected chi connectivity index (χ4v) is 2.99. The fourth-order valence-electron chi connectivity index (χ4n) is 2.59. The Bertz CT molecular complexity index is 880. The molecule has 0 saturated carbocycles. The molecule has 3 nitrogen and oxygen atoms in total. The average molecular weight is 315 g/mol. The Morgan fingerprint density at radius 3 is 2.67 bits per heavy atom. The molecule has 4 rings (SSSR count). The van der Waals surface area contributed by atoms with Gasteiger partial charge in [0.25, 0.3) is 0 Å². The molecule has 0 fully saturated rings. The van der Waals surface area contributed by atoms with Crippen LogP contribution in [0.25, 0.3) is 16.9 Å². The molecule has 5 heteroatoms. The van der Waals surface area contributed by atoms with Gasteiger partial charge in [0, 0.05) is 16.1 Å². The molecule has 2 aromatic carbocycles. The van der Waals surface area contributed by atoms with Gasteiger partial charge in [-0.25, -0.2) is 0 Å². The SMILES string of the molecule is S=c1[nH]c(-c2ccc(Cl)cc2)c2n1-c1ccccc1CO2. The lowest BCUT2D eigenvalue weighted by molar-refractivity contribution is 0.277. The molecule has 1 aliphatic heterocycles. The van der Waals surface area contributed by atoms with E-state index in [0.29, 0.717) is 16.4 Å². The van der Waals surface area contributed by atoms with Crippen molar-refractivity contribution in [3.8, 4) is 22.8 Å². The Kier molecular flexibility index (Phi) is 2.87. The van der Waals surface area contributed by atoms with E-state index in [-0.39, 0.29) is 0 Å². The Hall–Kier alpha value is -2.04. The van der Waals surface area contributed by atoms with Crippen LogP contribution in [0, 0.1) is 4.77 Å². The van der Waals surface area contributed by atoms with Crippen molar-refractivity contribution in [1.29, 1.82) is 0 Å². The van der Waals surface area contributed by atoms with Gasteiger partial charge in [0.15, 0.2) is 4.77 Å². The van der Waals surface area contributed by atoms with Crippen LogP contribution in [-0.2, 0) is 6.61 Å². The van der Waals surface area contributed by atoms with E-state index in [0.717, 1.165) is 28.4 Å². The summed E-state index contributed by atoms with van der Waals surface area (Å²) < 4.78 is 8.49. The third-order valence-electron chi connectivity index (χ3n) is 3.58. The number of para-hydroxylation sites is 1. The van der Waals surface area contributed by atoms with Gasteiger partial charge in [-0.2, -0.15) is 0 Å². The first-order valence-electron chi connectivity index (χ1n) is 6.56. The van der Waals surface area contributed by atoms with Crippen LogP contribution in [0.15, 0.2) is 48.5 Å². The molecule has 0 amide bonds. The van der Waals surface area contributed by atoms with Crippen LogP contribution >= 0.6 is 23.8 Å². The van der Waals surface area contributed by atoms with Crippen molar-refractivity contribution in [2.75, 3.05) is 0 Å². The van der Waals surface area contributed by atoms with Gasteiger partial charge >= 0.3 is 0 Å². The van der Waals surface area contributed by atoms with E-state index >= 15 is 0 Å². The van der Waals surface area contributed by atoms with Crippen LogP contribution in [0.3, 0.4) is 0 Å². The van der Waals surface area contributed by atoms with Gasteiger partial charge in [0.2, 0.25) is 5.88 Å². The summed E-state index contributed by atoms with van der Waals surface area (Å²) >= 11 is 11.4. The number of hydrogen-bond acceptors (Lipinski definition) is 2. The largest absolute Gasteiger partial charge is 0.472 e. The number of rotatable bonds is 1. The van der Waals surface area contributed by atoms with Gasteiger partial charge in [-0.1, -0.05) is 41.9 Å². The predicted molar refractivity (Wildman–Crippen MR) is 85.7 cm³/mol. The van der Waals surface area contributed by atoms with Crippen molar-refractivity contribution in [2.45, 2.75) is 6.61 Å². The first-order chi connectivity index (χ1) is 10.2. The van der Waals surface area contributed by atoms with Crippen LogP contribution in [-0.4, -0.2) is 9.55 Å². The summed E-state index contributed by atoms with van der Waals surface area (Å²) in [5, 5.41) is 0.705. The second-order valence-corrected chi connectivity index (χ2v) is 5.69. The van der Waals surface area contributed by atoms with E-state index in [9.17, 15) is 0 Å². The molecule has 104 valence electrons. The third kappa shape index (κ3) is 1.99. The maximum Gasteiger partial charge on any atom is 0.225 e. The van der Waals surface area contributed by atoms with E-state index in [1.807, 2.05) is 41.0 Å². The van der Waals surface area contributed by atoms with Crippen LogP contribution in [0.5, 0.6) is 5.88 Å². The highest BCUT2D eigenvalue weighted by atomic mass is 35.5. The van der Waals surface area contributed by atoms with Gasteiger partial charge in [0.05, 0.1) is 5.69 Å². The quantitative estimate of drug-likeness (QED) is 0.657. The minimum Gasteiger partial charge on any atom is -0.472 e. The number of ether oxygens (including phenoxy) is 1. The number of aromatic amines is 1. The second-order valence-electron chi connectivity index (χ2n) is 4.87. The number of aromatic nitrogens is 2. The topological polar surface area (TPSA) is 29.9 Å². The van der Waals surface area contributed by atoms with Crippen LogP contribution in [0.1, 0.15) is 5.56 Å². The van der Waals surface area contributed by atoms with Gasteiger partial charge in [-0.3, -0.25) is 4.57 Å². The third-order valence-corrected chi connectivity index (χ3v) is 4.12. The number of nitrogens with one attached hydrogen (secondary N) is 1. The van der Waals surface area contributed by atoms with Crippen molar-refractivity contribution >= 4 is 23.8 Å². The summed E-state index contributed by atoms with van der Waals surface area (Å²) in [4.78, 5) is 3.24. The minimum absolute atomic E-state index is 0.545. The smallest absolute Gasteiger partial charge is 0.225 e. The highest BCUT2D eigenvalue weighted by Gasteiger charge is 2.22. The lowest BCUT2D eigenvalue weighted by Gasteiger charge is -2.20. The first kappa shape index (κ1) is 12.7. The maximum absolute atomic E-state index is 5.95. The molecule has 0 bridgehead atoms. The highest BCUT2D eigenvalue weighted by molar-refractivity contribution is 7.71. The number of imidazole rings is 1. The van der Waals surface area contributed by atoms with Crippen molar-refractivity contribution < 1.29 is 4.74 Å². The predicted octanol–water partition coefficient (Wildman–Crippen LogP) is 4.75. The Labute approximate surface area is 131 Å². The zero-order chi connectivity index (χ0) is 14.4. The molecule has 0 radical (unpaired) electrons. The van der Waals surface area contributed by atoms with Crippen molar-refractivity contribution in [3.05, 3.63) is 63.9 Å². The molecular weight excluding hydrogens is 304 g/mol. The molecule has 2 heterocycles. The molecular formula is C16H11ClN2OS. The van der Waals surface area contributed by atoms with Gasteiger partial charge in [-0.15, -0.1) is 0 Å².